The molecule has 4 heteroatoms. The van der Waals surface area contributed by atoms with Crippen LogP contribution < -0.4 is 10.1 Å². The van der Waals surface area contributed by atoms with Crippen LogP contribution in [0.5, 0.6) is 5.75 Å². The van der Waals surface area contributed by atoms with Crippen LogP contribution in [0.4, 0.5) is 0 Å². The van der Waals surface area contributed by atoms with Crippen molar-refractivity contribution in [2.45, 2.75) is 13.0 Å². The van der Waals surface area contributed by atoms with E-state index in [1.165, 1.54) is 11.1 Å². The number of benzene rings is 2. The van der Waals surface area contributed by atoms with Gasteiger partial charge in [-0.25, -0.2) is 0 Å². The molecule has 0 aliphatic heterocycles. The number of halogens is 2. The minimum Gasteiger partial charge on any atom is -0.497 e. The van der Waals surface area contributed by atoms with E-state index in [2.05, 4.69) is 34.2 Å². The van der Waals surface area contributed by atoms with Crippen LogP contribution in [0.1, 0.15) is 22.7 Å². The van der Waals surface area contributed by atoms with Crippen LogP contribution in [0.2, 0.25) is 5.02 Å². The van der Waals surface area contributed by atoms with Gasteiger partial charge in [-0.2, -0.15) is 0 Å². The first-order valence-electron chi connectivity index (χ1n) is 6.33. The van der Waals surface area contributed by atoms with Gasteiger partial charge in [-0.1, -0.05) is 39.7 Å². The molecule has 0 bridgehead atoms. The highest BCUT2D eigenvalue weighted by Gasteiger charge is 2.17. The molecule has 0 aromatic heterocycles. The minimum atomic E-state index is 0.0570. The zero-order chi connectivity index (χ0) is 14.7. The van der Waals surface area contributed by atoms with Crippen LogP contribution in [0.3, 0.4) is 0 Å². The molecule has 0 heterocycles. The third-order valence-corrected chi connectivity index (χ3v) is 4.17. The molecule has 0 aliphatic rings. The van der Waals surface area contributed by atoms with Gasteiger partial charge in [0.2, 0.25) is 0 Å². The average molecular weight is 355 g/mol. The summed E-state index contributed by atoms with van der Waals surface area (Å²) in [6.07, 6.45) is 0. The van der Waals surface area contributed by atoms with E-state index in [1.807, 2.05) is 37.4 Å². The van der Waals surface area contributed by atoms with Gasteiger partial charge in [0.15, 0.2) is 0 Å². The Hall–Kier alpha value is -1.03. The van der Waals surface area contributed by atoms with Gasteiger partial charge in [0.1, 0.15) is 5.75 Å². The van der Waals surface area contributed by atoms with Gasteiger partial charge >= 0.3 is 0 Å². The highest BCUT2D eigenvalue weighted by molar-refractivity contribution is 9.10. The number of methoxy groups -OCH3 is 1. The van der Waals surface area contributed by atoms with Crippen LogP contribution in [0.15, 0.2) is 40.9 Å². The zero-order valence-electron chi connectivity index (χ0n) is 11.7. The van der Waals surface area contributed by atoms with E-state index >= 15 is 0 Å². The maximum absolute atomic E-state index is 6.37. The second-order valence-corrected chi connectivity index (χ2v) is 5.93. The third-order valence-electron chi connectivity index (χ3n) is 3.35. The number of nitrogens with one attached hydrogen (secondary N) is 1. The number of hydrogen-bond acceptors (Lipinski definition) is 2. The molecule has 2 nitrogen and oxygen atoms in total. The van der Waals surface area contributed by atoms with Crippen molar-refractivity contribution in [1.82, 2.24) is 5.32 Å². The Labute approximate surface area is 133 Å². The predicted molar refractivity (Wildman–Crippen MR) is 87.8 cm³/mol. The number of hydrogen-bond donors (Lipinski definition) is 1. The van der Waals surface area contributed by atoms with Crippen molar-refractivity contribution < 1.29 is 4.74 Å². The topological polar surface area (TPSA) is 21.3 Å². The lowest BCUT2D eigenvalue weighted by Gasteiger charge is -2.21. The Morgan fingerprint density at radius 1 is 1.15 bits per heavy atom. The highest BCUT2D eigenvalue weighted by atomic mass is 79.9. The van der Waals surface area contributed by atoms with E-state index in [-0.39, 0.29) is 6.04 Å². The van der Waals surface area contributed by atoms with E-state index in [0.29, 0.717) is 0 Å². The Bertz CT molecular complexity index is 615. The fourth-order valence-corrected chi connectivity index (χ4v) is 3.10. The monoisotopic (exact) mass is 353 g/mol. The summed E-state index contributed by atoms with van der Waals surface area (Å²) in [7, 11) is 3.61. The van der Waals surface area contributed by atoms with Gasteiger partial charge in [0.25, 0.3) is 0 Å². The summed E-state index contributed by atoms with van der Waals surface area (Å²) in [6.45, 7) is 2.08. The van der Waals surface area contributed by atoms with Gasteiger partial charge in [-0.3, -0.25) is 0 Å². The summed E-state index contributed by atoms with van der Waals surface area (Å²) < 4.78 is 6.24. The first-order chi connectivity index (χ1) is 9.56. The van der Waals surface area contributed by atoms with E-state index in [0.717, 1.165) is 20.8 Å². The van der Waals surface area contributed by atoms with Crippen molar-refractivity contribution in [2.75, 3.05) is 14.2 Å². The second kappa shape index (κ2) is 6.61. The van der Waals surface area contributed by atoms with E-state index in [1.54, 1.807) is 7.11 Å². The largest absolute Gasteiger partial charge is 0.497 e. The molecule has 1 unspecified atom stereocenters. The van der Waals surface area contributed by atoms with Crippen molar-refractivity contribution >= 4 is 27.5 Å². The van der Waals surface area contributed by atoms with E-state index < -0.39 is 0 Å². The van der Waals surface area contributed by atoms with Crippen molar-refractivity contribution in [3.05, 3.63) is 62.6 Å². The molecule has 0 saturated heterocycles. The van der Waals surface area contributed by atoms with Gasteiger partial charge in [-0.05, 0) is 54.9 Å². The molecule has 106 valence electrons. The average Bonchev–Trinajstić information content (AvgIpc) is 2.43. The maximum Gasteiger partial charge on any atom is 0.119 e. The standard InChI is InChI=1S/C16H17BrClNO/c1-10-8-12(20-3)5-7-13(10)16(19-2)14-6-4-11(17)9-15(14)18/h4-9,16,19H,1-3H3. The predicted octanol–water partition coefficient (Wildman–Crippen LogP) is 4.73. The smallest absolute Gasteiger partial charge is 0.119 e. The number of ether oxygens (including phenoxy) is 1. The normalized spacial score (nSPS) is 12.2. The van der Waals surface area contributed by atoms with Crippen LogP contribution in [0, 0.1) is 6.92 Å². The fraction of sp³-hybridized carbons (Fsp3) is 0.250. The SMILES string of the molecule is CNC(c1ccc(OC)cc1C)c1ccc(Br)cc1Cl. The number of rotatable bonds is 4. The zero-order valence-corrected chi connectivity index (χ0v) is 14.0. The first kappa shape index (κ1) is 15.4. The summed E-state index contributed by atoms with van der Waals surface area (Å²) in [5.74, 6) is 0.864. The molecule has 0 saturated carbocycles. The molecule has 2 aromatic rings. The minimum absolute atomic E-state index is 0.0570. The summed E-state index contributed by atoms with van der Waals surface area (Å²) >= 11 is 9.80. The van der Waals surface area contributed by atoms with Crippen LogP contribution in [-0.2, 0) is 0 Å². The first-order valence-corrected chi connectivity index (χ1v) is 7.50. The molecule has 2 rings (SSSR count). The quantitative estimate of drug-likeness (QED) is 0.857. The summed E-state index contributed by atoms with van der Waals surface area (Å²) in [4.78, 5) is 0. The lowest BCUT2D eigenvalue weighted by atomic mass is 9.95. The Morgan fingerprint density at radius 3 is 2.40 bits per heavy atom. The summed E-state index contributed by atoms with van der Waals surface area (Å²) in [5.41, 5.74) is 3.42. The molecular formula is C16H17BrClNO. The fourth-order valence-electron chi connectivity index (χ4n) is 2.31. The van der Waals surface area contributed by atoms with Crippen molar-refractivity contribution in [2.24, 2.45) is 0 Å². The van der Waals surface area contributed by atoms with Crippen LogP contribution in [0.25, 0.3) is 0 Å². The Balaban J connectivity index is 2.47. The Kier molecular flexibility index (Phi) is 5.08. The van der Waals surface area contributed by atoms with Gasteiger partial charge < -0.3 is 10.1 Å². The molecule has 1 N–H and O–H groups in total. The van der Waals surface area contributed by atoms with Gasteiger partial charge in [0, 0.05) is 9.50 Å². The second-order valence-electron chi connectivity index (χ2n) is 4.61. The van der Waals surface area contributed by atoms with Crippen molar-refractivity contribution in [1.29, 1.82) is 0 Å². The molecule has 0 amide bonds. The maximum atomic E-state index is 6.37. The lowest BCUT2D eigenvalue weighted by Crippen LogP contribution is -2.19. The van der Waals surface area contributed by atoms with Gasteiger partial charge in [0.05, 0.1) is 13.2 Å². The molecular weight excluding hydrogens is 338 g/mol. The molecule has 0 spiro atoms. The molecule has 1 atom stereocenters. The van der Waals surface area contributed by atoms with Gasteiger partial charge in [-0.15, -0.1) is 0 Å². The molecule has 0 fully saturated rings. The lowest BCUT2D eigenvalue weighted by molar-refractivity contribution is 0.414. The van der Waals surface area contributed by atoms with Crippen molar-refractivity contribution in [3.63, 3.8) is 0 Å². The molecule has 0 aliphatic carbocycles. The molecule has 0 radical (unpaired) electrons. The van der Waals surface area contributed by atoms with E-state index in [9.17, 15) is 0 Å². The number of aryl methyl sites for hydroxylation is 1. The highest BCUT2D eigenvalue weighted by Crippen LogP contribution is 2.32. The van der Waals surface area contributed by atoms with Crippen molar-refractivity contribution in [3.8, 4) is 5.75 Å². The third kappa shape index (κ3) is 3.17. The molecule has 20 heavy (non-hydrogen) atoms. The van der Waals surface area contributed by atoms with E-state index in [4.69, 9.17) is 16.3 Å². The Morgan fingerprint density at radius 2 is 1.85 bits per heavy atom. The van der Waals surface area contributed by atoms with Crippen LogP contribution >= 0.6 is 27.5 Å². The summed E-state index contributed by atoms with van der Waals surface area (Å²) in [5, 5.41) is 4.08. The summed E-state index contributed by atoms with van der Waals surface area (Å²) in [6, 6.07) is 12.1. The van der Waals surface area contributed by atoms with Crippen LogP contribution in [-0.4, -0.2) is 14.2 Å². The molecule has 2 aromatic carbocycles.